The Morgan fingerprint density at radius 3 is 2.69 bits per heavy atom. The second-order valence-electron chi connectivity index (χ2n) is 3.56. The Kier molecular flexibility index (Phi) is 2.81. The van der Waals surface area contributed by atoms with Crippen molar-refractivity contribution >= 4 is 0 Å². The van der Waals surface area contributed by atoms with Gasteiger partial charge in [-0.2, -0.15) is 0 Å². The first-order valence-corrected chi connectivity index (χ1v) is 4.86. The fraction of sp³-hybridized carbons (Fsp3) is 0.167. The summed E-state index contributed by atoms with van der Waals surface area (Å²) in [5.74, 6) is -0.272. The zero-order chi connectivity index (χ0) is 11.5. The first-order valence-electron chi connectivity index (χ1n) is 4.86. The highest BCUT2D eigenvalue weighted by Crippen LogP contribution is 2.11. The maximum atomic E-state index is 12.7. The number of benzene rings is 1. The molecule has 2 rings (SSSR count). The van der Waals surface area contributed by atoms with Crippen molar-refractivity contribution in [2.75, 3.05) is 0 Å². The van der Waals surface area contributed by atoms with Crippen molar-refractivity contribution in [2.45, 2.75) is 13.3 Å². The molecule has 0 bridgehead atoms. The first kappa shape index (κ1) is 10.5. The van der Waals surface area contributed by atoms with Gasteiger partial charge in [0.25, 0.3) is 0 Å². The average molecular weight is 219 g/mol. The van der Waals surface area contributed by atoms with Crippen LogP contribution in [0.1, 0.15) is 16.8 Å². The molecule has 0 saturated heterocycles. The zero-order valence-corrected chi connectivity index (χ0v) is 8.74. The normalized spacial score (nSPS) is 10.4. The highest BCUT2D eigenvalue weighted by Gasteiger charge is 2.04. The molecule has 1 aromatic carbocycles. The summed E-state index contributed by atoms with van der Waals surface area (Å²) in [7, 11) is 0. The SMILES string of the molecule is Cc1noc(=O)cc1Cc1ccc(F)cc1. The van der Waals surface area contributed by atoms with Gasteiger partial charge in [-0.15, -0.1) is 0 Å². The van der Waals surface area contributed by atoms with Crippen LogP contribution in [-0.2, 0) is 6.42 Å². The third kappa shape index (κ3) is 2.34. The largest absolute Gasteiger partial charge is 0.358 e. The first-order chi connectivity index (χ1) is 7.65. The quantitative estimate of drug-likeness (QED) is 0.776. The van der Waals surface area contributed by atoms with E-state index < -0.39 is 5.63 Å². The van der Waals surface area contributed by atoms with E-state index >= 15 is 0 Å². The number of hydrogen-bond donors (Lipinski definition) is 0. The van der Waals surface area contributed by atoms with E-state index in [1.807, 2.05) is 0 Å². The molecule has 0 aliphatic rings. The van der Waals surface area contributed by atoms with Gasteiger partial charge >= 0.3 is 5.63 Å². The molecule has 1 heterocycles. The van der Waals surface area contributed by atoms with Gasteiger partial charge in [-0.1, -0.05) is 17.3 Å². The molecule has 0 aliphatic heterocycles. The Balaban J connectivity index is 2.30. The average Bonchev–Trinajstić information content (AvgIpc) is 2.27. The number of aromatic nitrogens is 1. The Hall–Kier alpha value is -1.97. The van der Waals surface area contributed by atoms with Crippen LogP contribution in [0.3, 0.4) is 0 Å². The van der Waals surface area contributed by atoms with Gasteiger partial charge in [-0.3, -0.25) is 0 Å². The fourth-order valence-electron chi connectivity index (χ4n) is 1.45. The summed E-state index contributed by atoms with van der Waals surface area (Å²) in [5.41, 5.74) is 1.92. The lowest BCUT2D eigenvalue weighted by molar-refractivity contribution is 0.361. The number of rotatable bonds is 2. The van der Waals surface area contributed by atoms with E-state index in [4.69, 9.17) is 0 Å². The molecule has 1 aromatic heterocycles. The molecular formula is C12H10FNO2. The van der Waals surface area contributed by atoms with E-state index in [0.29, 0.717) is 12.1 Å². The highest BCUT2D eigenvalue weighted by atomic mass is 19.1. The van der Waals surface area contributed by atoms with Gasteiger partial charge in [-0.05, 0) is 36.6 Å². The molecule has 0 N–H and O–H groups in total. The monoisotopic (exact) mass is 219 g/mol. The van der Waals surface area contributed by atoms with E-state index in [-0.39, 0.29) is 5.82 Å². The van der Waals surface area contributed by atoms with Crippen LogP contribution in [0.25, 0.3) is 0 Å². The Morgan fingerprint density at radius 2 is 2.00 bits per heavy atom. The molecule has 82 valence electrons. The van der Waals surface area contributed by atoms with Crippen LogP contribution in [0.2, 0.25) is 0 Å². The zero-order valence-electron chi connectivity index (χ0n) is 8.74. The minimum Gasteiger partial charge on any atom is -0.313 e. The molecule has 16 heavy (non-hydrogen) atoms. The van der Waals surface area contributed by atoms with Crippen molar-refractivity contribution in [3.8, 4) is 0 Å². The molecule has 3 nitrogen and oxygen atoms in total. The van der Waals surface area contributed by atoms with E-state index in [2.05, 4.69) is 9.68 Å². The van der Waals surface area contributed by atoms with Crippen LogP contribution in [0.15, 0.2) is 39.6 Å². The number of hydrogen-bond acceptors (Lipinski definition) is 3. The Morgan fingerprint density at radius 1 is 1.31 bits per heavy atom. The maximum Gasteiger partial charge on any atom is 0.358 e. The summed E-state index contributed by atoms with van der Waals surface area (Å²) >= 11 is 0. The second kappa shape index (κ2) is 4.26. The molecule has 0 radical (unpaired) electrons. The predicted octanol–water partition coefficient (Wildman–Crippen LogP) is 2.07. The minimum absolute atomic E-state index is 0.272. The summed E-state index contributed by atoms with van der Waals surface area (Å²) < 4.78 is 17.2. The number of nitrogens with zero attached hydrogens (tertiary/aromatic N) is 1. The van der Waals surface area contributed by atoms with Gasteiger partial charge in [-0.25, -0.2) is 9.18 Å². The molecule has 0 amide bonds. The predicted molar refractivity (Wildman–Crippen MR) is 56.7 cm³/mol. The number of halogens is 1. The van der Waals surface area contributed by atoms with Crippen LogP contribution in [-0.4, -0.2) is 5.16 Å². The fourth-order valence-corrected chi connectivity index (χ4v) is 1.45. The molecule has 0 saturated carbocycles. The van der Waals surface area contributed by atoms with Crippen molar-refractivity contribution in [1.82, 2.24) is 5.16 Å². The molecule has 0 fully saturated rings. The molecule has 0 atom stereocenters. The standard InChI is InChI=1S/C12H10FNO2/c1-8-10(7-12(15)16-14-8)6-9-2-4-11(13)5-3-9/h2-5,7H,6H2,1H3. The van der Waals surface area contributed by atoms with Gasteiger partial charge in [0.2, 0.25) is 0 Å². The van der Waals surface area contributed by atoms with Crippen LogP contribution in [0.5, 0.6) is 0 Å². The van der Waals surface area contributed by atoms with Crippen molar-refractivity contribution in [3.63, 3.8) is 0 Å². The van der Waals surface area contributed by atoms with Crippen molar-refractivity contribution in [3.05, 3.63) is 63.4 Å². The van der Waals surface area contributed by atoms with Gasteiger partial charge in [0, 0.05) is 6.07 Å². The molecule has 0 aliphatic carbocycles. The Bertz CT molecular complexity index is 546. The van der Waals surface area contributed by atoms with Crippen LogP contribution in [0.4, 0.5) is 4.39 Å². The highest BCUT2D eigenvalue weighted by molar-refractivity contribution is 5.26. The summed E-state index contributed by atoms with van der Waals surface area (Å²) in [6, 6.07) is 7.56. The van der Waals surface area contributed by atoms with Gasteiger partial charge in [0.15, 0.2) is 0 Å². The molecule has 0 spiro atoms. The van der Waals surface area contributed by atoms with Crippen LogP contribution >= 0.6 is 0 Å². The number of aryl methyl sites for hydroxylation is 1. The lowest BCUT2D eigenvalue weighted by Gasteiger charge is -2.02. The van der Waals surface area contributed by atoms with E-state index in [1.54, 1.807) is 19.1 Å². The molecular weight excluding hydrogens is 209 g/mol. The van der Waals surface area contributed by atoms with E-state index in [9.17, 15) is 9.18 Å². The van der Waals surface area contributed by atoms with Crippen molar-refractivity contribution in [2.24, 2.45) is 0 Å². The van der Waals surface area contributed by atoms with Crippen LogP contribution in [0, 0.1) is 12.7 Å². The second-order valence-corrected chi connectivity index (χ2v) is 3.56. The van der Waals surface area contributed by atoms with Gasteiger partial charge in [0.05, 0.1) is 5.69 Å². The molecule has 4 heteroatoms. The lowest BCUT2D eigenvalue weighted by Crippen LogP contribution is -2.04. The van der Waals surface area contributed by atoms with Gasteiger partial charge in [0.1, 0.15) is 5.82 Å². The van der Waals surface area contributed by atoms with Crippen molar-refractivity contribution < 1.29 is 8.91 Å². The Labute approximate surface area is 91.5 Å². The molecule has 0 unspecified atom stereocenters. The molecule has 2 aromatic rings. The summed E-state index contributed by atoms with van der Waals surface area (Å²) in [5, 5.41) is 3.63. The third-order valence-corrected chi connectivity index (χ3v) is 2.34. The minimum atomic E-state index is -0.470. The van der Waals surface area contributed by atoms with E-state index in [1.165, 1.54) is 18.2 Å². The topological polar surface area (TPSA) is 43.1 Å². The van der Waals surface area contributed by atoms with Gasteiger partial charge < -0.3 is 4.52 Å². The summed E-state index contributed by atoms with van der Waals surface area (Å²) in [6.07, 6.45) is 0.546. The third-order valence-electron chi connectivity index (χ3n) is 2.34. The summed E-state index contributed by atoms with van der Waals surface area (Å²) in [6.45, 7) is 1.77. The van der Waals surface area contributed by atoms with E-state index in [0.717, 1.165) is 11.1 Å². The van der Waals surface area contributed by atoms with Crippen molar-refractivity contribution in [1.29, 1.82) is 0 Å². The lowest BCUT2D eigenvalue weighted by atomic mass is 10.1. The maximum absolute atomic E-state index is 12.7. The van der Waals surface area contributed by atoms with Crippen LogP contribution < -0.4 is 5.63 Å². The summed E-state index contributed by atoms with van der Waals surface area (Å²) in [4.78, 5) is 11.0. The smallest absolute Gasteiger partial charge is 0.313 e.